The SMILES string of the molecule is O=C(Cc1ccc(Br)cc1)N1CCN(c2ccc(OCc3ccccc3)cc2)CC1. The van der Waals surface area contributed by atoms with Crippen LogP contribution in [0.25, 0.3) is 0 Å². The number of piperazine rings is 1. The van der Waals surface area contributed by atoms with Crippen LogP contribution in [0, 0.1) is 0 Å². The van der Waals surface area contributed by atoms with E-state index in [1.54, 1.807) is 0 Å². The summed E-state index contributed by atoms with van der Waals surface area (Å²) in [6.07, 6.45) is 0.459. The molecule has 0 radical (unpaired) electrons. The molecule has 0 bridgehead atoms. The van der Waals surface area contributed by atoms with Gasteiger partial charge in [-0.1, -0.05) is 58.4 Å². The number of ether oxygens (including phenoxy) is 1. The van der Waals surface area contributed by atoms with E-state index in [0.29, 0.717) is 13.0 Å². The lowest BCUT2D eigenvalue weighted by molar-refractivity contribution is -0.130. The first-order valence-corrected chi connectivity index (χ1v) is 11.0. The Kier molecular flexibility index (Phi) is 6.70. The molecule has 0 spiro atoms. The van der Waals surface area contributed by atoms with Gasteiger partial charge in [0.1, 0.15) is 12.4 Å². The van der Waals surface area contributed by atoms with E-state index in [2.05, 4.69) is 45.1 Å². The van der Waals surface area contributed by atoms with Crippen molar-refractivity contribution < 1.29 is 9.53 Å². The number of amides is 1. The van der Waals surface area contributed by atoms with Gasteiger partial charge in [-0.3, -0.25) is 4.79 Å². The maximum absolute atomic E-state index is 12.6. The van der Waals surface area contributed by atoms with Crippen molar-refractivity contribution in [3.05, 3.63) is 94.5 Å². The summed E-state index contributed by atoms with van der Waals surface area (Å²) in [5.41, 5.74) is 3.38. The van der Waals surface area contributed by atoms with Gasteiger partial charge in [0.25, 0.3) is 0 Å². The van der Waals surface area contributed by atoms with Crippen LogP contribution in [0.2, 0.25) is 0 Å². The summed E-state index contributed by atoms with van der Waals surface area (Å²) in [5, 5.41) is 0. The summed E-state index contributed by atoms with van der Waals surface area (Å²) >= 11 is 3.43. The lowest BCUT2D eigenvalue weighted by Gasteiger charge is -2.36. The molecule has 0 unspecified atom stereocenters. The number of anilines is 1. The summed E-state index contributed by atoms with van der Waals surface area (Å²) in [5.74, 6) is 1.06. The number of carbonyl (C=O) groups excluding carboxylic acids is 1. The molecule has 1 aliphatic rings. The molecule has 1 saturated heterocycles. The Morgan fingerprint density at radius 1 is 0.800 bits per heavy atom. The van der Waals surface area contributed by atoms with Gasteiger partial charge in [-0.25, -0.2) is 0 Å². The van der Waals surface area contributed by atoms with Crippen molar-refractivity contribution >= 4 is 27.5 Å². The van der Waals surface area contributed by atoms with Crippen molar-refractivity contribution in [2.45, 2.75) is 13.0 Å². The zero-order chi connectivity index (χ0) is 20.8. The lowest BCUT2D eigenvalue weighted by Crippen LogP contribution is -2.49. The largest absolute Gasteiger partial charge is 0.489 e. The first kappa shape index (κ1) is 20.5. The predicted molar refractivity (Wildman–Crippen MR) is 124 cm³/mol. The monoisotopic (exact) mass is 464 g/mol. The van der Waals surface area contributed by atoms with Crippen LogP contribution in [0.15, 0.2) is 83.3 Å². The highest BCUT2D eigenvalue weighted by Gasteiger charge is 2.21. The minimum Gasteiger partial charge on any atom is -0.489 e. The fraction of sp³-hybridized carbons (Fsp3) is 0.240. The number of hydrogen-bond donors (Lipinski definition) is 0. The first-order valence-electron chi connectivity index (χ1n) is 10.2. The van der Waals surface area contributed by atoms with Gasteiger partial charge in [-0.2, -0.15) is 0 Å². The minimum atomic E-state index is 0.196. The van der Waals surface area contributed by atoms with Crippen molar-refractivity contribution in [1.82, 2.24) is 4.90 Å². The fourth-order valence-corrected chi connectivity index (χ4v) is 3.86. The number of benzene rings is 3. The number of nitrogens with zero attached hydrogens (tertiary/aromatic N) is 2. The van der Waals surface area contributed by atoms with Crippen molar-refractivity contribution in [1.29, 1.82) is 0 Å². The zero-order valence-corrected chi connectivity index (χ0v) is 18.4. The fourth-order valence-electron chi connectivity index (χ4n) is 3.60. The molecule has 0 atom stereocenters. The van der Waals surface area contributed by atoms with Gasteiger partial charge in [0.15, 0.2) is 0 Å². The van der Waals surface area contributed by atoms with Gasteiger partial charge in [0.05, 0.1) is 6.42 Å². The molecule has 3 aromatic carbocycles. The van der Waals surface area contributed by atoms with E-state index in [0.717, 1.165) is 47.5 Å². The summed E-state index contributed by atoms with van der Waals surface area (Å²) in [6, 6.07) is 26.4. The Bertz CT molecular complexity index is 951. The Morgan fingerprint density at radius 2 is 1.47 bits per heavy atom. The molecular formula is C25H25BrN2O2. The van der Waals surface area contributed by atoms with E-state index in [1.165, 1.54) is 5.69 Å². The summed E-state index contributed by atoms with van der Waals surface area (Å²) in [7, 11) is 0. The molecule has 154 valence electrons. The van der Waals surface area contributed by atoms with Crippen LogP contribution in [0.4, 0.5) is 5.69 Å². The molecule has 1 heterocycles. The van der Waals surface area contributed by atoms with Crippen LogP contribution in [-0.4, -0.2) is 37.0 Å². The van der Waals surface area contributed by atoms with Gasteiger partial charge < -0.3 is 14.5 Å². The molecule has 0 aliphatic carbocycles. The minimum absolute atomic E-state index is 0.196. The maximum atomic E-state index is 12.6. The third-order valence-corrected chi connectivity index (χ3v) is 5.88. The summed E-state index contributed by atoms with van der Waals surface area (Å²) in [6.45, 7) is 3.76. The topological polar surface area (TPSA) is 32.8 Å². The zero-order valence-electron chi connectivity index (χ0n) is 16.8. The molecule has 5 heteroatoms. The van der Waals surface area contributed by atoms with Gasteiger partial charge in [-0.15, -0.1) is 0 Å². The van der Waals surface area contributed by atoms with Crippen molar-refractivity contribution in [2.24, 2.45) is 0 Å². The number of rotatable bonds is 6. The average Bonchev–Trinajstić information content (AvgIpc) is 2.80. The lowest BCUT2D eigenvalue weighted by atomic mass is 10.1. The molecule has 1 amide bonds. The highest BCUT2D eigenvalue weighted by Crippen LogP contribution is 2.22. The van der Waals surface area contributed by atoms with E-state index in [1.807, 2.05) is 59.5 Å². The Morgan fingerprint density at radius 3 is 2.13 bits per heavy atom. The standard InChI is InChI=1S/C25H25BrN2O2/c26-22-8-6-20(7-9-22)18-25(29)28-16-14-27(15-17-28)23-10-12-24(13-11-23)30-19-21-4-2-1-3-5-21/h1-13H,14-19H2. The molecular weight excluding hydrogens is 440 g/mol. The molecule has 30 heavy (non-hydrogen) atoms. The Labute approximate surface area is 186 Å². The van der Waals surface area contributed by atoms with Gasteiger partial charge >= 0.3 is 0 Å². The van der Waals surface area contributed by atoms with E-state index in [9.17, 15) is 4.79 Å². The van der Waals surface area contributed by atoms with Gasteiger partial charge in [0, 0.05) is 36.3 Å². The van der Waals surface area contributed by atoms with Crippen molar-refractivity contribution in [2.75, 3.05) is 31.1 Å². The molecule has 3 aromatic rings. The van der Waals surface area contributed by atoms with Crippen LogP contribution in [0.5, 0.6) is 5.75 Å². The second kappa shape index (κ2) is 9.81. The Balaban J connectivity index is 1.26. The third-order valence-electron chi connectivity index (χ3n) is 5.35. The molecule has 0 N–H and O–H groups in total. The van der Waals surface area contributed by atoms with Crippen LogP contribution in [-0.2, 0) is 17.8 Å². The van der Waals surface area contributed by atoms with Crippen LogP contribution in [0.1, 0.15) is 11.1 Å². The normalized spacial score (nSPS) is 13.9. The molecule has 1 fully saturated rings. The highest BCUT2D eigenvalue weighted by atomic mass is 79.9. The second-order valence-electron chi connectivity index (χ2n) is 7.44. The highest BCUT2D eigenvalue weighted by molar-refractivity contribution is 9.10. The molecule has 4 nitrogen and oxygen atoms in total. The molecule has 0 saturated carbocycles. The molecule has 4 rings (SSSR count). The van der Waals surface area contributed by atoms with Gasteiger partial charge in [0.2, 0.25) is 5.91 Å². The quantitative estimate of drug-likeness (QED) is 0.518. The number of carbonyl (C=O) groups is 1. The van der Waals surface area contributed by atoms with Crippen LogP contribution < -0.4 is 9.64 Å². The Hall–Kier alpha value is -2.79. The smallest absolute Gasteiger partial charge is 0.227 e. The van der Waals surface area contributed by atoms with Crippen molar-refractivity contribution in [3.8, 4) is 5.75 Å². The summed E-state index contributed by atoms with van der Waals surface area (Å²) < 4.78 is 6.90. The van der Waals surface area contributed by atoms with E-state index in [-0.39, 0.29) is 5.91 Å². The first-order chi connectivity index (χ1) is 14.7. The number of halogens is 1. The van der Waals surface area contributed by atoms with E-state index in [4.69, 9.17) is 4.74 Å². The number of hydrogen-bond acceptors (Lipinski definition) is 3. The third kappa shape index (κ3) is 5.42. The van der Waals surface area contributed by atoms with Crippen LogP contribution in [0.3, 0.4) is 0 Å². The second-order valence-corrected chi connectivity index (χ2v) is 8.35. The average molecular weight is 465 g/mol. The van der Waals surface area contributed by atoms with E-state index >= 15 is 0 Å². The maximum Gasteiger partial charge on any atom is 0.227 e. The molecule has 1 aliphatic heterocycles. The predicted octanol–water partition coefficient (Wildman–Crippen LogP) is 4.92. The van der Waals surface area contributed by atoms with Crippen LogP contribution >= 0.6 is 15.9 Å². The summed E-state index contributed by atoms with van der Waals surface area (Å²) in [4.78, 5) is 16.9. The van der Waals surface area contributed by atoms with Gasteiger partial charge in [-0.05, 0) is 47.5 Å². The molecule has 0 aromatic heterocycles. The van der Waals surface area contributed by atoms with Crippen molar-refractivity contribution in [3.63, 3.8) is 0 Å². The van der Waals surface area contributed by atoms with E-state index < -0.39 is 0 Å².